The molecule has 2 rings (SSSR count). The minimum atomic E-state index is 0. The van der Waals surface area contributed by atoms with Gasteiger partial charge < -0.3 is 24.8 Å². The minimum Gasteiger partial charge on any atom is -0.383 e. The van der Waals surface area contributed by atoms with E-state index < -0.39 is 0 Å². The Labute approximate surface area is 169 Å². The zero-order chi connectivity index (χ0) is 17.0. The van der Waals surface area contributed by atoms with Crippen LogP contribution in [0.25, 0.3) is 0 Å². The fourth-order valence-corrected chi connectivity index (χ4v) is 3.24. The van der Waals surface area contributed by atoms with E-state index in [4.69, 9.17) is 14.2 Å². The molecule has 0 aromatic carbocycles. The molecule has 0 aromatic rings. The molecule has 2 atom stereocenters. The van der Waals surface area contributed by atoms with Crippen LogP contribution in [-0.2, 0) is 14.2 Å². The van der Waals surface area contributed by atoms with E-state index in [0.717, 1.165) is 64.9 Å². The molecule has 2 saturated heterocycles. The first-order valence-corrected chi connectivity index (χ1v) is 9.20. The third kappa shape index (κ3) is 8.85. The van der Waals surface area contributed by atoms with Gasteiger partial charge in [0, 0.05) is 53.0 Å². The molecule has 25 heavy (non-hydrogen) atoms. The predicted octanol–water partition coefficient (Wildman–Crippen LogP) is 1.08. The number of methoxy groups -OCH3 is 1. The van der Waals surface area contributed by atoms with Gasteiger partial charge in [-0.1, -0.05) is 0 Å². The lowest BCUT2D eigenvalue weighted by Crippen LogP contribution is -2.45. The second kappa shape index (κ2) is 14.0. The molecule has 2 aliphatic rings. The van der Waals surface area contributed by atoms with Gasteiger partial charge in [-0.25, -0.2) is 0 Å². The second-order valence-corrected chi connectivity index (χ2v) is 6.41. The second-order valence-electron chi connectivity index (χ2n) is 6.41. The van der Waals surface area contributed by atoms with Crippen LogP contribution < -0.4 is 10.6 Å². The lowest BCUT2D eigenvalue weighted by atomic mass is 10.2. The highest BCUT2D eigenvalue weighted by Crippen LogP contribution is 2.15. The van der Waals surface area contributed by atoms with Crippen molar-refractivity contribution >= 4 is 29.9 Å². The quantitative estimate of drug-likeness (QED) is 0.216. The summed E-state index contributed by atoms with van der Waals surface area (Å²) in [6, 6.07) is 0.574. The Bertz CT molecular complexity index is 368. The van der Waals surface area contributed by atoms with E-state index >= 15 is 0 Å². The van der Waals surface area contributed by atoms with Crippen molar-refractivity contribution in [2.24, 2.45) is 4.99 Å². The number of ether oxygens (including phenoxy) is 3. The predicted molar refractivity (Wildman–Crippen MR) is 111 cm³/mol. The summed E-state index contributed by atoms with van der Waals surface area (Å²) in [5, 5.41) is 6.81. The zero-order valence-corrected chi connectivity index (χ0v) is 18.0. The molecule has 0 aromatic heterocycles. The number of halogens is 1. The first kappa shape index (κ1) is 22.9. The maximum absolute atomic E-state index is 5.77. The number of rotatable bonds is 10. The van der Waals surface area contributed by atoms with Gasteiger partial charge in [0.15, 0.2) is 5.96 Å². The molecule has 0 saturated carbocycles. The van der Waals surface area contributed by atoms with Crippen molar-refractivity contribution in [2.75, 3.05) is 66.8 Å². The van der Waals surface area contributed by atoms with Gasteiger partial charge in [0.2, 0.25) is 0 Å². The van der Waals surface area contributed by atoms with E-state index in [-0.39, 0.29) is 24.0 Å². The van der Waals surface area contributed by atoms with Crippen LogP contribution in [0.4, 0.5) is 0 Å². The van der Waals surface area contributed by atoms with Crippen molar-refractivity contribution in [3.05, 3.63) is 0 Å². The largest absolute Gasteiger partial charge is 0.383 e. The van der Waals surface area contributed by atoms with Gasteiger partial charge in [-0.05, 0) is 32.2 Å². The molecule has 2 aliphatic heterocycles. The Balaban J connectivity index is 0.00000312. The van der Waals surface area contributed by atoms with Crippen LogP contribution in [0.5, 0.6) is 0 Å². The third-order valence-corrected chi connectivity index (χ3v) is 4.67. The molecule has 0 amide bonds. The molecule has 148 valence electrons. The summed E-state index contributed by atoms with van der Waals surface area (Å²) in [7, 11) is 3.58. The normalized spacial score (nSPS) is 24.3. The number of aliphatic imine (C=N–C) groups is 1. The van der Waals surface area contributed by atoms with Gasteiger partial charge in [0.05, 0.1) is 19.3 Å². The van der Waals surface area contributed by atoms with Gasteiger partial charge in [0.1, 0.15) is 0 Å². The van der Waals surface area contributed by atoms with Crippen molar-refractivity contribution in [1.82, 2.24) is 15.5 Å². The van der Waals surface area contributed by atoms with Crippen molar-refractivity contribution in [1.29, 1.82) is 0 Å². The van der Waals surface area contributed by atoms with E-state index in [2.05, 4.69) is 20.5 Å². The summed E-state index contributed by atoms with van der Waals surface area (Å²) in [6.45, 7) is 7.13. The lowest BCUT2D eigenvalue weighted by Gasteiger charge is -2.25. The maximum atomic E-state index is 5.77. The molecular weight excluding hydrogens is 435 g/mol. The van der Waals surface area contributed by atoms with E-state index in [0.29, 0.717) is 12.1 Å². The van der Waals surface area contributed by atoms with E-state index in [1.807, 2.05) is 7.05 Å². The molecule has 2 fully saturated rings. The number of hydrogen-bond acceptors (Lipinski definition) is 5. The van der Waals surface area contributed by atoms with Gasteiger partial charge in [-0.3, -0.25) is 9.89 Å². The number of hydrogen-bond donors (Lipinski definition) is 2. The highest BCUT2D eigenvalue weighted by molar-refractivity contribution is 14.0. The summed E-state index contributed by atoms with van der Waals surface area (Å²) < 4.78 is 16.3. The van der Waals surface area contributed by atoms with Crippen LogP contribution in [0.3, 0.4) is 0 Å². The highest BCUT2D eigenvalue weighted by atomic mass is 127. The average molecular weight is 470 g/mol. The van der Waals surface area contributed by atoms with Gasteiger partial charge in [-0.2, -0.15) is 0 Å². The Morgan fingerprint density at radius 1 is 1.28 bits per heavy atom. The summed E-state index contributed by atoms with van der Waals surface area (Å²) in [5.41, 5.74) is 0. The maximum Gasteiger partial charge on any atom is 0.191 e. The number of guanidine groups is 1. The fourth-order valence-electron chi connectivity index (χ4n) is 3.24. The Morgan fingerprint density at radius 2 is 2.16 bits per heavy atom. The van der Waals surface area contributed by atoms with E-state index in [1.165, 1.54) is 19.4 Å². The van der Waals surface area contributed by atoms with Crippen LogP contribution in [0.15, 0.2) is 4.99 Å². The third-order valence-electron chi connectivity index (χ3n) is 4.67. The first-order valence-electron chi connectivity index (χ1n) is 9.20. The summed E-state index contributed by atoms with van der Waals surface area (Å²) in [6.07, 6.45) is 4.80. The van der Waals surface area contributed by atoms with Crippen LogP contribution >= 0.6 is 24.0 Å². The smallest absolute Gasteiger partial charge is 0.191 e. The van der Waals surface area contributed by atoms with Crippen molar-refractivity contribution < 1.29 is 14.2 Å². The minimum absolute atomic E-state index is 0. The molecule has 0 aliphatic carbocycles. The van der Waals surface area contributed by atoms with E-state index in [1.54, 1.807) is 7.11 Å². The van der Waals surface area contributed by atoms with Gasteiger partial charge in [0.25, 0.3) is 0 Å². The number of nitrogens with one attached hydrogen (secondary N) is 2. The molecule has 0 spiro atoms. The molecule has 7 nitrogen and oxygen atoms in total. The molecule has 2 unspecified atom stereocenters. The topological polar surface area (TPSA) is 67.4 Å². The molecule has 0 bridgehead atoms. The fraction of sp³-hybridized carbons (Fsp3) is 0.941. The SMILES string of the molecule is CN=C(NCCCOC1CCOC1)NCC1CCCN1CCOC.I. The molecule has 2 N–H and O–H groups in total. The zero-order valence-electron chi connectivity index (χ0n) is 15.7. The average Bonchev–Trinajstić information content (AvgIpc) is 3.27. The monoisotopic (exact) mass is 470 g/mol. The molecule has 0 radical (unpaired) electrons. The number of likely N-dealkylation sites (tertiary alicyclic amines) is 1. The standard InChI is InChI=1S/C17H34N4O3.HI/c1-18-17(19-7-4-10-24-16-6-11-23-14-16)20-13-15-5-3-8-21(15)9-12-22-2;/h15-16H,3-14H2,1-2H3,(H2,18,19,20);1H. The van der Waals surface area contributed by atoms with Gasteiger partial charge >= 0.3 is 0 Å². The molecule has 8 heteroatoms. The Kier molecular flexibility index (Phi) is 12.8. The van der Waals surface area contributed by atoms with Gasteiger partial charge in [-0.15, -0.1) is 24.0 Å². The molecule has 2 heterocycles. The number of nitrogens with zero attached hydrogens (tertiary/aromatic N) is 2. The van der Waals surface area contributed by atoms with E-state index in [9.17, 15) is 0 Å². The molecular formula is C17H35IN4O3. The Morgan fingerprint density at radius 3 is 2.88 bits per heavy atom. The summed E-state index contributed by atoms with van der Waals surface area (Å²) >= 11 is 0. The summed E-state index contributed by atoms with van der Waals surface area (Å²) in [5.74, 6) is 0.873. The Hall–Kier alpha value is -0.160. The first-order chi connectivity index (χ1) is 11.8. The van der Waals surface area contributed by atoms with Crippen LogP contribution in [-0.4, -0.2) is 89.8 Å². The van der Waals surface area contributed by atoms with Crippen molar-refractivity contribution in [2.45, 2.75) is 37.8 Å². The summed E-state index contributed by atoms with van der Waals surface area (Å²) in [4.78, 5) is 6.80. The van der Waals surface area contributed by atoms with Crippen molar-refractivity contribution in [3.8, 4) is 0 Å². The van der Waals surface area contributed by atoms with Crippen molar-refractivity contribution in [3.63, 3.8) is 0 Å². The van der Waals surface area contributed by atoms with Crippen LogP contribution in [0.2, 0.25) is 0 Å². The van der Waals surface area contributed by atoms with Crippen LogP contribution in [0, 0.1) is 0 Å². The lowest BCUT2D eigenvalue weighted by molar-refractivity contribution is 0.0420. The highest BCUT2D eigenvalue weighted by Gasteiger charge is 2.23. The van der Waals surface area contributed by atoms with Crippen LogP contribution in [0.1, 0.15) is 25.7 Å².